The van der Waals surface area contributed by atoms with Crippen molar-refractivity contribution < 1.29 is 0 Å². The molecule has 68 valence electrons. The van der Waals surface area contributed by atoms with Gasteiger partial charge < -0.3 is 0 Å². The zero-order valence-electron chi connectivity index (χ0n) is 7.55. The molecule has 0 spiro atoms. The molecule has 0 aromatic carbocycles. The van der Waals surface area contributed by atoms with Gasteiger partial charge >= 0.3 is 0 Å². The van der Waals surface area contributed by atoms with Crippen molar-refractivity contribution in [1.82, 2.24) is 5.43 Å². The highest BCUT2D eigenvalue weighted by atomic mass is 15.2. The molecule has 0 saturated heterocycles. The van der Waals surface area contributed by atoms with Crippen LogP contribution in [0.15, 0.2) is 11.6 Å². The van der Waals surface area contributed by atoms with E-state index < -0.39 is 0 Å². The molecule has 12 heavy (non-hydrogen) atoms. The van der Waals surface area contributed by atoms with Gasteiger partial charge in [0.2, 0.25) is 0 Å². The van der Waals surface area contributed by atoms with Gasteiger partial charge in [-0.2, -0.15) is 0 Å². The molecule has 0 heterocycles. The zero-order chi connectivity index (χ0) is 8.39. The van der Waals surface area contributed by atoms with Crippen LogP contribution in [0.3, 0.4) is 0 Å². The third-order valence-corrected chi connectivity index (χ3v) is 3.00. The summed E-state index contributed by atoms with van der Waals surface area (Å²) in [4.78, 5) is 0. The van der Waals surface area contributed by atoms with Gasteiger partial charge in [0, 0.05) is 6.04 Å². The summed E-state index contributed by atoms with van der Waals surface area (Å²) in [6.45, 7) is 0. The molecule has 2 aliphatic rings. The van der Waals surface area contributed by atoms with Crippen LogP contribution in [-0.2, 0) is 0 Å². The van der Waals surface area contributed by atoms with Crippen LogP contribution < -0.4 is 11.3 Å². The highest BCUT2D eigenvalue weighted by molar-refractivity contribution is 5.16. The van der Waals surface area contributed by atoms with Crippen molar-refractivity contribution in [3.63, 3.8) is 0 Å². The Balaban J connectivity index is 1.98. The largest absolute Gasteiger partial charge is 0.271 e. The average Bonchev–Trinajstić information content (AvgIpc) is 2.92. The Hall–Kier alpha value is -0.340. The maximum atomic E-state index is 5.55. The van der Waals surface area contributed by atoms with E-state index in [1.54, 1.807) is 5.57 Å². The van der Waals surface area contributed by atoms with Gasteiger partial charge in [-0.25, -0.2) is 0 Å². The summed E-state index contributed by atoms with van der Waals surface area (Å²) < 4.78 is 0. The predicted octanol–water partition coefficient (Wildman–Crippen LogP) is 1.73. The summed E-state index contributed by atoms with van der Waals surface area (Å²) in [7, 11) is 0. The summed E-state index contributed by atoms with van der Waals surface area (Å²) in [5.41, 5.74) is 4.54. The first kappa shape index (κ1) is 8.27. The van der Waals surface area contributed by atoms with E-state index in [1.807, 2.05) is 0 Å². The molecule has 1 unspecified atom stereocenters. The standard InChI is InChI=1S/C10H18N2/c11-12-10(9-6-7-9)8-4-2-1-3-5-8/h4,9-10,12H,1-3,5-7,11H2. The van der Waals surface area contributed by atoms with Gasteiger partial charge in [0.05, 0.1) is 0 Å². The second-order valence-electron chi connectivity index (χ2n) is 4.01. The molecule has 1 fully saturated rings. The Bertz CT molecular complexity index is 182. The Kier molecular flexibility index (Phi) is 2.47. The molecule has 2 aliphatic carbocycles. The van der Waals surface area contributed by atoms with E-state index in [2.05, 4.69) is 11.5 Å². The van der Waals surface area contributed by atoms with Crippen LogP contribution in [0.2, 0.25) is 0 Å². The van der Waals surface area contributed by atoms with Crippen LogP contribution in [0.25, 0.3) is 0 Å². The summed E-state index contributed by atoms with van der Waals surface area (Å²) in [5, 5.41) is 0. The fourth-order valence-electron chi connectivity index (χ4n) is 2.12. The lowest BCUT2D eigenvalue weighted by atomic mass is 9.92. The fourth-order valence-corrected chi connectivity index (χ4v) is 2.12. The average molecular weight is 166 g/mol. The van der Waals surface area contributed by atoms with E-state index in [0.717, 1.165) is 5.92 Å². The number of hydrogen-bond acceptors (Lipinski definition) is 2. The Morgan fingerprint density at radius 3 is 2.75 bits per heavy atom. The van der Waals surface area contributed by atoms with Crippen LogP contribution in [0.5, 0.6) is 0 Å². The maximum absolute atomic E-state index is 5.55. The van der Waals surface area contributed by atoms with Crippen molar-refractivity contribution >= 4 is 0 Å². The van der Waals surface area contributed by atoms with Gasteiger partial charge in [-0.1, -0.05) is 11.6 Å². The van der Waals surface area contributed by atoms with Gasteiger partial charge in [-0.15, -0.1) is 0 Å². The summed E-state index contributed by atoms with van der Waals surface area (Å²) in [6, 6.07) is 0.505. The van der Waals surface area contributed by atoms with Crippen molar-refractivity contribution in [2.75, 3.05) is 0 Å². The van der Waals surface area contributed by atoms with Crippen LogP contribution >= 0.6 is 0 Å². The van der Waals surface area contributed by atoms with E-state index in [4.69, 9.17) is 5.84 Å². The molecule has 0 aromatic heterocycles. The van der Waals surface area contributed by atoms with E-state index >= 15 is 0 Å². The van der Waals surface area contributed by atoms with Gasteiger partial charge in [-0.05, 0) is 44.4 Å². The van der Waals surface area contributed by atoms with E-state index in [-0.39, 0.29) is 0 Å². The first-order valence-electron chi connectivity index (χ1n) is 5.07. The van der Waals surface area contributed by atoms with Gasteiger partial charge in [0.25, 0.3) is 0 Å². The highest BCUT2D eigenvalue weighted by Gasteiger charge is 2.32. The molecule has 0 bridgehead atoms. The summed E-state index contributed by atoms with van der Waals surface area (Å²) in [6.07, 6.45) is 10.4. The SMILES string of the molecule is NNC(C1=CCCCC1)C1CC1. The normalized spacial score (nSPS) is 26.6. The third-order valence-electron chi connectivity index (χ3n) is 3.00. The van der Waals surface area contributed by atoms with Crippen molar-refractivity contribution in [3.8, 4) is 0 Å². The third kappa shape index (κ3) is 1.70. The number of nitrogens with two attached hydrogens (primary N) is 1. The minimum Gasteiger partial charge on any atom is -0.271 e. The first-order valence-corrected chi connectivity index (χ1v) is 5.07. The molecule has 1 saturated carbocycles. The molecule has 1 atom stereocenters. The molecule has 0 radical (unpaired) electrons. The molecule has 0 aliphatic heterocycles. The number of hydrogen-bond donors (Lipinski definition) is 2. The number of rotatable bonds is 3. The molecule has 0 amide bonds. The van der Waals surface area contributed by atoms with Crippen LogP contribution in [0.4, 0.5) is 0 Å². The van der Waals surface area contributed by atoms with Crippen molar-refractivity contribution in [2.45, 2.75) is 44.6 Å². The van der Waals surface area contributed by atoms with Crippen molar-refractivity contribution in [3.05, 3.63) is 11.6 Å². The Morgan fingerprint density at radius 1 is 1.42 bits per heavy atom. The second-order valence-corrected chi connectivity index (χ2v) is 4.01. The second kappa shape index (κ2) is 3.58. The molecule has 2 heteroatoms. The zero-order valence-corrected chi connectivity index (χ0v) is 7.55. The van der Waals surface area contributed by atoms with Crippen molar-refractivity contribution in [1.29, 1.82) is 0 Å². The number of allylic oxidation sites excluding steroid dienone is 1. The predicted molar refractivity (Wildman–Crippen MR) is 50.4 cm³/mol. The van der Waals surface area contributed by atoms with E-state index in [9.17, 15) is 0 Å². The summed E-state index contributed by atoms with van der Waals surface area (Å²) >= 11 is 0. The van der Waals surface area contributed by atoms with Crippen LogP contribution in [-0.4, -0.2) is 6.04 Å². The smallest absolute Gasteiger partial charge is 0.0447 e. The molecule has 2 nitrogen and oxygen atoms in total. The lowest BCUT2D eigenvalue weighted by molar-refractivity contribution is 0.500. The van der Waals surface area contributed by atoms with Crippen LogP contribution in [0, 0.1) is 5.92 Å². The maximum Gasteiger partial charge on any atom is 0.0447 e. The van der Waals surface area contributed by atoms with Gasteiger partial charge in [-0.3, -0.25) is 11.3 Å². The quantitative estimate of drug-likeness (QED) is 0.380. The lowest BCUT2D eigenvalue weighted by Gasteiger charge is -2.22. The Morgan fingerprint density at radius 2 is 2.25 bits per heavy atom. The highest BCUT2D eigenvalue weighted by Crippen LogP contribution is 2.37. The molecular formula is C10H18N2. The first-order chi connectivity index (χ1) is 5.92. The lowest BCUT2D eigenvalue weighted by Crippen LogP contribution is -2.38. The molecule has 3 N–H and O–H groups in total. The van der Waals surface area contributed by atoms with Gasteiger partial charge in [0.1, 0.15) is 0 Å². The molecular weight excluding hydrogens is 148 g/mol. The number of hydrazine groups is 1. The van der Waals surface area contributed by atoms with E-state index in [0.29, 0.717) is 6.04 Å². The van der Waals surface area contributed by atoms with E-state index in [1.165, 1.54) is 38.5 Å². The fraction of sp³-hybridized carbons (Fsp3) is 0.800. The molecule has 2 rings (SSSR count). The van der Waals surface area contributed by atoms with Crippen LogP contribution in [0.1, 0.15) is 38.5 Å². The minimum absolute atomic E-state index is 0.505. The monoisotopic (exact) mass is 166 g/mol. The van der Waals surface area contributed by atoms with Crippen molar-refractivity contribution in [2.24, 2.45) is 11.8 Å². The minimum atomic E-state index is 0.505. The Labute approximate surface area is 74.2 Å². The van der Waals surface area contributed by atoms with Gasteiger partial charge in [0.15, 0.2) is 0 Å². The molecule has 0 aromatic rings. The summed E-state index contributed by atoms with van der Waals surface area (Å²) in [5.74, 6) is 6.40. The topological polar surface area (TPSA) is 38.0 Å². The number of nitrogens with one attached hydrogen (secondary N) is 1.